The van der Waals surface area contributed by atoms with Crippen LogP contribution in [0.1, 0.15) is 16.7 Å². The van der Waals surface area contributed by atoms with E-state index < -0.39 is 0 Å². The molecular formula is C21H20N2O2. The van der Waals surface area contributed by atoms with Crippen LogP contribution >= 0.6 is 0 Å². The maximum atomic E-state index is 12.2. The van der Waals surface area contributed by atoms with Gasteiger partial charge in [0.15, 0.2) is 0 Å². The van der Waals surface area contributed by atoms with Gasteiger partial charge in [0.25, 0.3) is 0 Å². The summed E-state index contributed by atoms with van der Waals surface area (Å²) in [5, 5.41) is 2.94. The molecule has 0 aliphatic carbocycles. The normalized spacial score (nSPS) is 10.3. The van der Waals surface area contributed by atoms with E-state index >= 15 is 0 Å². The number of aryl methyl sites for hydroxylation is 1. The molecule has 0 fully saturated rings. The smallest absolute Gasteiger partial charge is 0.224 e. The topological polar surface area (TPSA) is 51.2 Å². The van der Waals surface area contributed by atoms with E-state index in [1.54, 1.807) is 6.20 Å². The first kappa shape index (κ1) is 16.7. The van der Waals surface area contributed by atoms with E-state index in [1.165, 1.54) is 0 Å². The summed E-state index contributed by atoms with van der Waals surface area (Å²) < 4.78 is 5.71. The van der Waals surface area contributed by atoms with Gasteiger partial charge < -0.3 is 10.1 Å². The zero-order valence-corrected chi connectivity index (χ0v) is 14.1. The molecule has 4 heteroatoms. The highest BCUT2D eigenvalue weighted by molar-refractivity contribution is 5.78. The van der Waals surface area contributed by atoms with Gasteiger partial charge >= 0.3 is 0 Å². The average Bonchev–Trinajstić information content (AvgIpc) is 2.63. The minimum absolute atomic E-state index is 0.00311. The van der Waals surface area contributed by atoms with Crippen molar-refractivity contribution < 1.29 is 9.53 Å². The van der Waals surface area contributed by atoms with E-state index in [1.807, 2.05) is 73.7 Å². The van der Waals surface area contributed by atoms with Gasteiger partial charge in [0, 0.05) is 18.8 Å². The van der Waals surface area contributed by atoms with Crippen molar-refractivity contribution in [3.05, 3.63) is 89.6 Å². The Hall–Kier alpha value is -3.14. The highest BCUT2D eigenvalue weighted by Gasteiger charge is 2.06. The van der Waals surface area contributed by atoms with Crippen LogP contribution in [0.2, 0.25) is 0 Å². The van der Waals surface area contributed by atoms with Crippen LogP contribution in [0.3, 0.4) is 0 Å². The molecule has 0 radical (unpaired) electrons. The standard InChI is InChI=1S/C21H20N2O2/c1-16-7-5-6-8-18(16)14-20(24)23-15-17-11-12-22-21(13-17)25-19-9-3-2-4-10-19/h2-13H,14-15H2,1H3,(H,23,24). The molecule has 0 aliphatic heterocycles. The number of aromatic nitrogens is 1. The molecule has 0 atom stereocenters. The first-order valence-corrected chi connectivity index (χ1v) is 8.20. The van der Waals surface area contributed by atoms with Crippen LogP contribution in [0.5, 0.6) is 11.6 Å². The number of carbonyl (C=O) groups excluding carboxylic acids is 1. The van der Waals surface area contributed by atoms with Crippen molar-refractivity contribution in [2.24, 2.45) is 0 Å². The predicted molar refractivity (Wildman–Crippen MR) is 97.5 cm³/mol. The monoisotopic (exact) mass is 332 g/mol. The lowest BCUT2D eigenvalue weighted by Gasteiger charge is -2.09. The van der Waals surface area contributed by atoms with Gasteiger partial charge in [-0.25, -0.2) is 4.98 Å². The summed E-state index contributed by atoms with van der Waals surface area (Å²) >= 11 is 0. The zero-order chi connectivity index (χ0) is 17.5. The quantitative estimate of drug-likeness (QED) is 0.741. The second-order valence-electron chi connectivity index (χ2n) is 5.80. The van der Waals surface area contributed by atoms with E-state index in [2.05, 4.69) is 10.3 Å². The lowest BCUT2D eigenvalue weighted by Crippen LogP contribution is -2.24. The average molecular weight is 332 g/mol. The molecule has 0 aliphatic rings. The molecule has 0 saturated carbocycles. The summed E-state index contributed by atoms with van der Waals surface area (Å²) in [6.45, 7) is 2.46. The van der Waals surface area contributed by atoms with Crippen LogP contribution in [0.25, 0.3) is 0 Å². The van der Waals surface area contributed by atoms with Gasteiger partial charge in [0.2, 0.25) is 11.8 Å². The molecule has 1 amide bonds. The van der Waals surface area contributed by atoms with Gasteiger partial charge in [0.1, 0.15) is 5.75 Å². The van der Waals surface area contributed by atoms with Crippen LogP contribution in [0.4, 0.5) is 0 Å². The molecule has 126 valence electrons. The van der Waals surface area contributed by atoms with Gasteiger partial charge in [0.05, 0.1) is 6.42 Å². The van der Waals surface area contributed by atoms with Gasteiger partial charge in [-0.3, -0.25) is 4.79 Å². The van der Waals surface area contributed by atoms with E-state index in [-0.39, 0.29) is 5.91 Å². The van der Waals surface area contributed by atoms with Crippen molar-refractivity contribution in [1.29, 1.82) is 0 Å². The molecular weight excluding hydrogens is 312 g/mol. The number of pyridine rings is 1. The van der Waals surface area contributed by atoms with Gasteiger partial charge in [-0.05, 0) is 41.8 Å². The van der Waals surface area contributed by atoms with Crippen LogP contribution in [0, 0.1) is 6.92 Å². The molecule has 0 unspecified atom stereocenters. The molecule has 0 bridgehead atoms. The number of benzene rings is 2. The fourth-order valence-electron chi connectivity index (χ4n) is 2.47. The Bertz CT molecular complexity index is 847. The summed E-state index contributed by atoms with van der Waals surface area (Å²) in [6.07, 6.45) is 2.06. The SMILES string of the molecule is Cc1ccccc1CC(=O)NCc1ccnc(Oc2ccccc2)c1. The minimum Gasteiger partial charge on any atom is -0.439 e. The molecule has 0 saturated heterocycles. The lowest BCUT2D eigenvalue weighted by molar-refractivity contribution is -0.120. The molecule has 1 N–H and O–H groups in total. The Morgan fingerprint density at radius 2 is 1.80 bits per heavy atom. The molecule has 1 heterocycles. The van der Waals surface area contributed by atoms with Crippen molar-refractivity contribution in [3.8, 4) is 11.6 Å². The molecule has 4 nitrogen and oxygen atoms in total. The Balaban J connectivity index is 1.57. The summed E-state index contributed by atoms with van der Waals surface area (Å²) in [4.78, 5) is 16.4. The molecule has 0 spiro atoms. The fourth-order valence-corrected chi connectivity index (χ4v) is 2.47. The summed E-state index contributed by atoms with van der Waals surface area (Å²) in [5.74, 6) is 1.24. The summed E-state index contributed by atoms with van der Waals surface area (Å²) in [6, 6.07) is 21.1. The fraction of sp³-hybridized carbons (Fsp3) is 0.143. The predicted octanol–water partition coefficient (Wildman–Crippen LogP) is 4.04. The molecule has 2 aromatic carbocycles. The third-order valence-electron chi connectivity index (χ3n) is 3.87. The maximum absolute atomic E-state index is 12.2. The third kappa shape index (κ3) is 4.91. The Kier molecular flexibility index (Phi) is 5.42. The molecule has 25 heavy (non-hydrogen) atoms. The molecule has 3 aromatic rings. The van der Waals surface area contributed by atoms with Crippen LogP contribution < -0.4 is 10.1 Å². The van der Waals surface area contributed by atoms with Gasteiger partial charge in [-0.2, -0.15) is 0 Å². The Morgan fingerprint density at radius 1 is 1.04 bits per heavy atom. The number of ether oxygens (including phenoxy) is 1. The van der Waals surface area contributed by atoms with Crippen molar-refractivity contribution in [1.82, 2.24) is 10.3 Å². The molecule has 1 aromatic heterocycles. The number of amides is 1. The number of hydrogen-bond acceptors (Lipinski definition) is 3. The number of carbonyl (C=O) groups is 1. The first-order chi connectivity index (χ1) is 12.2. The highest BCUT2D eigenvalue weighted by atomic mass is 16.5. The van der Waals surface area contributed by atoms with Crippen molar-refractivity contribution in [2.45, 2.75) is 19.9 Å². The van der Waals surface area contributed by atoms with Gasteiger partial charge in [-0.1, -0.05) is 42.5 Å². The highest BCUT2D eigenvalue weighted by Crippen LogP contribution is 2.19. The zero-order valence-electron chi connectivity index (χ0n) is 14.1. The molecule has 3 rings (SSSR count). The largest absolute Gasteiger partial charge is 0.439 e. The van der Waals surface area contributed by atoms with Crippen molar-refractivity contribution >= 4 is 5.91 Å². The first-order valence-electron chi connectivity index (χ1n) is 8.20. The van der Waals surface area contributed by atoms with E-state index in [4.69, 9.17) is 4.74 Å². The van der Waals surface area contributed by atoms with Gasteiger partial charge in [-0.15, -0.1) is 0 Å². The van der Waals surface area contributed by atoms with Crippen LogP contribution in [-0.2, 0) is 17.8 Å². The van der Waals surface area contributed by atoms with E-state index in [9.17, 15) is 4.79 Å². The number of hydrogen-bond donors (Lipinski definition) is 1. The second-order valence-corrected chi connectivity index (χ2v) is 5.80. The number of nitrogens with zero attached hydrogens (tertiary/aromatic N) is 1. The number of nitrogens with one attached hydrogen (secondary N) is 1. The van der Waals surface area contributed by atoms with Crippen LogP contribution in [-0.4, -0.2) is 10.9 Å². The summed E-state index contributed by atoms with van der Waals surface area (Å²) in [5.41, 5.74) is 3.11. The number of rotatable bonds is 6. The van der Waals surface area contributed by atoms with Crippen molar-refractivity contribution in [2.75, 3.05) is 0 Å². The Labute approximate surface area is 147 Å². The minimum atomic E-state index is -0.00311. The Morgan fingerprint density at radius 3 is 2.60 bits per heavy atom. The van der Waals surface area contributed by atoms with E-state index in [0.717, 1.165) is 22.4 Å². The van der Waals surface area contributed by atoms with E-state index in [0.29, 0.717) is 18.8 Å². The maximum Gasteiger partial charge on any atom is 0.224 e. The second kappa shape index (κ2) is 8.11. The van der Waals surface area contributed by atoms with Crippen LogP contribution in [0.15, 0.2) is 72.9 Å². The third-order valence-corrected chi connectivity index (χ3v) is 3.87. The lowest BCUT2D eigenvalue weighted by atomic mass is 10.1. The number of para-hydroxylation sites is 1. The van der Waals surface area contributed by atoms with Crippen molar-refractivity contribution in [3.63, 3.8) is 0 Å². The summed E-state index contributed by atoms with van der Waals surface area (Å²) in [7, 11) is 0.